The van der Waals surface area contributed by atoms with E-state index < -0.39 is 18.1 Å². The fourth-order valence-electron chi connectivity index (χ4n) is 2.55. The molecule has 1 amide bonds. The van der Waals surface area contributed by atoms with Gasteiger partial charge in [-0.1, -0.05) is 6.42 Å². The van der Waals surface area contributed by atoms with Crippen LogP contribution in [0.4, 0.5) is 0 Å². The van der Waals surface area contributed by atoms with E-state index in [0.717, 1.165) is 25.8 Å². The van der Waals surface area contributed by atoms with Crippen molar-refractivity contribution in [1.82, 2.24) is 10.2 Å². The molecule has 2 aliphatic heterocycles. The molecule has 0 spiro atoms. The summed E-state index contributed by atoms with van der Waals surface area (Å²) in [6.45, 7) is 0.929. The lowest BCUT2D eigenvalue weighted by molar-refractivity contribution is -0.149. The van der Waals surface area contributed by atoms with Crippen LogP contribution in [-0.4, -0.2) is 58.3 Å². The summed E-state index contributed by atoms with van der Waals surface area (Å²) in [7, 11) is 0. The smallest absolute Gasteiger partial charge is 0.326 e. The Morgan fingerprint density at radius 1 is 1.29 bits per heavy atom. The maximum atomic E-state index is 12.1. The summed E-state index contributed by atoms with van der Waals surface area (Å²) in [5.74, 6) is -1.22. The molecule has 6 heteroatoms. The first kappa shape index (κ1) is 12.3. The summed E-state index contributed by atoms with van der Waals surface area (Å²) in [6.07, 6.45) is 2.20. The number of hydrogen-bond donors (Lipinski definition) is 3. The van der Waals surface area contributed by atoms with Gasteiger partial charge in [-0.25, -0.2) is 4.79 Å². The molecular weight excluding hydrogens is 224 g/mol. The fourth-order valence-corrected chi connectivity index (χ4v) is 2.55. The predicted octanol–water partition coefficient (Wildman–Crippen LogP) is -0.825. The summed E-state index contributed by atoms with van der Waals surface area (Å²) in [5, 5.41) is 21.6. The van der Waals surface area contributed by atoms with Crippen LogP contribution in [0.3, 0.4) is 0 Å². The van der Waals surface area contributed by atoms with Crippen LogP contribution >= 0.6 is 0 Å². The lowest BCUT2D eigenvalue weighted by Gasteiger charge is -2.29. The highest BCUT2D eigenvalue weighted by atomic mass is 16.4. The molecule has 0 unspecified atom stereocenters. The topological polar surface area (TPSA) is 89.9 Å². The van der Waals surface area contributed by atoms with E-state index in [4.69, 9.17) is 5.11 Å². The number of rotatable bonds is 2. The van der Waals surface area contributed by atoms with Crippen molar-refractivity contribution in [3.05, 3.63) is 0 Å². The Morgan fingerprint density at radius 2 is 2.06 bits per heavy atom. The summed E-state index contributed by atoms with van der Waals surface area (Å²) in [6, 6.07) is -1.16. The van der Waals surface area contributed by atoms with Gasteiger partial charge in [0.25, 0.3) is 0 Å². The minimum atomic E-state index is -1.04. The molecule has 3 N–H and O–H groups in total. The number of hydrogen-bond acceptors (Lipinski definition) is 4. The zero-order valence-electron chi connectivity index (χ0n) is 9.63. The third kappa shape index (κ3) is 2.58. The normalized spacial score (nSPS) is 33.7. The first-order valence-corrected chi connectivity index (χ1v) is 6.04. The van der Waals surface area contributed by atoms with Crippen molar-refractivity contribution < 1.29 is 19.8 Å². The molecule has 2 fully saturated rings. The minimum Gasteiger partial charge on any atom is -0.480 e. The Labute approximate surface area is 99.6 Å². The van der Waals surface area contributed by atoms with Crippen LogP contribution in [0.1, 0.15) is 25.7 Å². The van der Waals surface area contributed by atoms with Gasteiger partial charge in [-0.15, -0.1) is 0 Å². The molecule has 0 aromatic rings. The van der Waals surface area contributed by atoms with Crippen LogP contribution in [0.2, 0.25) is 0 Å². The van der Waals surface area contributed by atoms with Crippen LogP contribution in [0, 0.1) is 0 Å². The van der Waals surface area contributed by atoms with E-state index in [0.29, 0.717) is 0 Å². The monoisotopic (exact) mass is 242 g/mol. The Balaban J connectivity index is 2.04. The number of carboxylic acid groups (broad SMARTS) is 1. The van der Waals surface area contributed by atoms with Crippen LogP contribution in [0.15, 0.2) is 0 Å². The van der Waals surface area contributed by atoms with Gasteiger partial charge in [0.2, 0.25) is 5.91 Å². The van der Waals surface area contributed by atoms with E-state index in [1.807, 2.05) is 0 Å². The number of carbonyl (C=O) groups excluding carboxylic acids is 1. The van der Waals surface area contributed by atoms with Crippen molar-refractivity contribution in [3.63, 3.8) is 0 Å². The number of carbonyl (C=O) groups is 2. The number of nitrogens with one attached hydrogen (secondary N) is 1. The third-order valence-corrected chi connectivity index (χ3v) is 3.46. The molecule has 96 valence electrons. The molecule has 2 rings (SSSR count). The molecule has 17 heavy (non-hydrogen) atoms. The number of piperidine rings is 1. The van der Waals surface area contributed by atoms with Crippen molar-refractivity contribution in [2.75, 3.05) is 13.1 Å². The van der Waals surface area contributed by atoms with Crippen LogP contribution in [0.25, 0.3) is 0 Å². The molecule has 0 aromatic heterocycles. The number of β-amino-alcohol motifs (C(OH)–C–C–N with tert-alkyl or cyclic N) is 1. The molecule has 0 radical (unpaired) electrons. The first-order valence-electron chi connectivity index (χ1n) is 6.04. The number of likely N-dealkylation sites (tertiary alicyclic amines) is 1. The Kier molecular flexibility index (Phi) is 3.63. The number of carboxylic acids is 1. The molecule has 2 aliphatic rings. The maximum Gasteiger partial charge on any atom is 0.326 e. The van der Waals surface area contributed by atoms with E-state index in [2.05, 4.69) is 5.32 Å². The second-order valence-electron chi connectivity index (χ2n) is 4.74. The summed E-state index contributed by atoms with van der Waals surface area (Å²) in [5.41, 5.74) is 0. The molecule has 3 atom stereocenters. The third-order valence-electron chi connectivity index (χ3n) is 3.46. The van der Waals surface area contributed by atoms with Gasteiger partial charge >= 0.3 is 5.97 Å². The zero-order chi connectivity index (χ0) is 12.4. The van der Waals surface area contributed by atoms with Crippen molar-refractivity contribution in [2.24, 2.45) is 0 Å². The van der Waals surface area contributed by atoms with E-state index in [9.17, 15) is 14.7 Å². The van der Waals surface area contributed by atoms with Crippen molar-refractivity contribution >= 4 is 11.9 Å². The van der Waals surface area contributed by atoms with Gasteiger partial charge in [-0.2, -0.15) is 0 Å². The molecular formula is C11H18N2O4. The minimum absolute atomic E-state index is 0.133. The molecule has 0 bridgehead atoms. The number of amides is 1. The van der Waals surface area contributed by atoms with Crippen LogP contribution in [0.5, 0.6) is 0 Å². The number of aliphatic hydroxyl groups is 1. The van der Waals surface area contributed by atoms with Gasteiger partial charge in [0, 0.05) is 13.0 Å². The second-order valence-corrected chi connectivity index (χ2v) is 4.74. The van der Waals surface area contributed by atoms with Gasteiger partial charge in [0.1, 0.15) is 6.04 Å². The summed E-state index contributed by atoms with van der Waals surface area (Å²) in [4.78, 5) is 24.5. The van der Waals surface area contributed by atoms with Gasteiger partial charge in [0.05, 0.1) is 12.1 Å². The van der Waals surface area contributed by atoms with Gasteiger partial charge in [-0.05, 0) is 19.4 Å². The molecule has 0 aromatic carbocycles. The van der Waals surface area contributed by atoms with E-state index in [1.165, 1.54) is 4.90 Å². The highest BCUT2D eigenvalue weighted by Gasteiger charge is 2.41. The largest absolute Gasteiger partial charge is 0.480 e. The number of nitrogens with zero attached hydrogens (tertiary/aromatic N) is 1. The number of aliphatic hydroxyl groups excluding tert-OH is 1. The van der Waals surface area contributed by atoms with Gasteiger partial charge in [-0.3, -0.25) is 4.79 Å². The molecule has 0 saturated carbocycles. The Morgan fingerprint density at radius 3 is 2.65 bits per heavy atom. The second kappa shape index (κ2) is 5.01. The molecule has 2 saturated heterocycles. The average Bonchev–Trinajstić information content (AvgIpc) is 2.72. The Hall–Kier alpha value is -1.14. The fraction of sp³-hybridized carbons (Fsp3) is 0.818. The van der Waals surface area contributed by atoms with E-state index >= 15 is 0 Å². The van der Waals surface area contributed by atoms with E-state index in [-0.39, 0.29) is 24.9 Å². The SMILES string of the molecule is O=C(O)[C@@H]1C[C@H](O)CN1C(=O)[C@@H]1CCCCN1. The van der Waals surface area contributed by atoms with Gasteiger partial charge < -0.3 is 20.4 Å². The summed E-state index contributed by atoms with van der Waals surface area (Å²) < 4.78 is 0. The zero-order valence-corrected chi connectivity index (χ0v) is 9.63. The van der Waals surface area contributed by atoms with Gasteiger partial charge in [0.15, 0.2) is 0 Å². The quantitative estimate of drug-likeness (QED) is 0.588. The standard InChI is InChI=1S/C11H18N2O4/c14-7-5-9(11(16)17)13(6-7)10(15)8-3-1-2-4-12-8/h7-9,12,14H,1-6H2,(H,16,17)/t7-,8-,9-/m0/s1. The Bertz CT molecular complexity index is 315. The van der Waals surface area contributed by atoms with Crippen LogP contribution in [-0.2, 0) is 9.59 Å². The maximum absolute atomic E-state index is 12.1. The molecule has 6 nitrogen and oxygen atoms in total. The predicted molar refractivity (Wildman–Crippen MR) is 59.4 cm³/mol. The van der Waals surface area contributed by atoms with E-state index in [1.54, 1.807) is 0 Å². The molecule has 0 aliphatic carbocycles. The summed E-state index contributed by atoms with van der Waals surface area (Å²) >= 11 is 0. The molecule has 2 heterocycles. The van der Waals surface area contributed by atoms with Crippen LogP contribution < -0.4 is 5.32 Å². The lowest BCUT2D eigenvalue weighted by atomic mass is 10.0. The first-order chi connectivity index (χ1) is 8.09. The highest BCUT2D eigenvalue weighted by Crippen LogP contribution is 2.21. The number of aliphatic carboxylic acids is 1. The van der Waals surface area contributed by atoms with Crippen molar-refractivity contribution in [1.29, 1.82) is 0 Å². The van der Waals surface area contributed by atoms with Crippen molar-refractivity contribution in [3.8, 4) is 0 Å². The lowest BCUT2D eigenvalue weighted by Crippen LogP contribution is -2.51. The highest BCUT2D eigenvalue weighted by molar-refractivity contribution is 5.87. The average molecular weight is 242 g/mol. The van der Waals surface area contributed by atoms with Crippen molar-refractivity contribution in [2.45, 2.75) is 43.9 Å².